The van der Waals surface area contributed by atoms with Crippen LogP contribution in [0.1, 0.15) is 5.56 Å². The molecule has 2 aromatic rings. The summed E-state index contributed by atoms with van der Waals surface area (Å²) in [6.45, 7) is 0.496. The van der Waals surface area contributed by atoms with Crippen LogP contribution in [0, 0.1) is 10.1 Å². The van der Waals surface area contributed by atoms with Crippen molar-refractivity contribution in [2.75, 3.05) is 11.9 Å². The van der Waals surface area contributed by atoms with Gasteiger partial charge in [-0.2, -0.15) is 0 Å². The smallest absolute Gasteiger partial charge is 0.271 e. The predicted octanol–water partition coefficient (Wildman–Crippen LogP) is 3.48. The van der Waals surface area contributed by atoms with E-state index >= 15 is 0 Å². The fourth-order valence-corrected chi connectivity index (χ4v) is 2.30. The van der Waals surface area contributed by atoms with E-state index in [9.17, 15) is 15.2 Å². The Kier molecular flexibility index (Phi) is 5.72. The first-order chi connectivity index (χ1) is 11.0. The molecule has 0 unspecified atom stereocenters. The maximum absolute atomic E-state index is 10.8. The van der Waals surface area contributed by atoms with Crippen molar-refractivity contribution in [3.05, 3.63) is 63.2 Å². The molecule has 8 heteroatoms. The minimum absolute atomic E-state index is 0.0751. The van der Waals surface area contributed by atoms with Crippen molar-refractivity contribution in [2.45, 2.75) is 6.42 Å². The van der Waals surface area contributed by atoms with Crippen LogP contribution in [-0.4, -0.2) is 21.7 Å². The molecule has 0 bridgehead atoms. The summed E-state index contributed by atoms with van der Waals surface area (Å²) in [6, 6.07) is 11.1. The zero-order valence-electron chi connectivity index (χ0n) is 12.0. The second-order valence-electron chi connectivity index (χ2n) is 4.68. The van der Waals surface area contributed by atoms with E-state index < -0.39 is 4.92 Å². The lowest BCUT2D eigenvalue weighted by Crippen LogP contribution is -2.30. The summed E-state index contributed by atoms with van der Waals surface area (Å²) in [4.78, 5) is 10.3. The van der Waals surface area contributed by atoms with Crippen molar-refractivity contribution < 1.29 is 10.0 Å². The number of nitrogens with one attached hydrogen (secondary N) is 2. The van der Waals surface area contributed by atoms with Crippen LogP contribution >= 0.6 is 23.8 Å². The largest absolute Gasteiger partial charge is 0.508 e. The van der Waals surface area contributed by atoms with Gasteiger partial charge in [-0.05, 0) is 36.3 Å². The van der Waals surface area contributed by atoms with Crippen LogP contribution in [0.25, 0.3) is 0 Å². The molecule has 0 radical (unpaired) electrons. The summed E-state index contributed by atoms with van der Waals surface area (Å²) < 4.78 is 0. The molecule has 0 saturated heterocycles. The highest BCUT2D eigenvalue weighted by molar-refractivity contribution is 7.80. The molecule has 23 heavy (non-hydrogen) atoms. The van der Waals surface area contributed by atoms with Gasteiger partial charge in [0.1, 0.15) is 5.75 Å². The standard InChI is InChI=1S/C15H14ClN3O3S/c16-12-6-5-11(19(21)22)9-13(12)18-15(23)17-8-7-10-3-1-2-4-14(10)20/h1-6,9,20H,7-8H2,(H2,17,18,23). The fraction of sp³-hybridized carbons (Fsp3) is 0.133. The number of para-hydroxylation sites is 1. The summed E-state index contributed by atoms with van der Waals surface area (Å²) in [5.41, 5.74) is 1.09. The van der Waals surface area contributed by atoms with Gasteiger partial charge in [-0.25, -0.2) is 0 Å². The van der Waals surface area contributed by atoms with E-state index in [4.69, 9.17) is 23.8 Å². The molecule has 0 saturated carbocycles. The number of halogens is 1. The van der Waals surface area contributed by atoms with Crippen LogP contribution in [0.15, 0.2) is 42.5 Å². The number of non-ortho nitro benzene ring substituents is 1. The normalized spacial score (nSPS) is 10.1. The van der Waals surface area contributed by atoms with Crippen LogP contribution in [0.5, 0.6) is 5.75 Å². The van der Waals surface area contributed by atoms with Crippen LogP contribution in [0.2, 0.25) is 5.02 Å². The minimum Gasteiger partial charge on any atom is -0.508 e. The summed E-state index contributed by atoms with van der Waals surface area (Å²) in [6.07, 6.45) is 0.581. The number of nitro benzene ring substituents is 1. The number of phenolic OH excluding ortho intramolecular Hbond substituents is 1. The Hall–Kier alpha value is -2.38. The number of nitrogens with zero attached hydrogens (tertiary/aromatic N) is 1. The molecular weight excluding hydrogens is 338 g/mol. The maximum atomic E-state index is 10.8. The van der Waals surface area contributed by atoms with Gasteiger partial charge in [-0.3, -0.25) is 10.1 Å². The third-order valence-electron chi connectivity index (χ3n) is 3.08. The van der Waals surface area contributed by atoms with Gasteiger partial charge in [0.2, 0.25) is 0 Å². The molecule has 2 rings (SSSR count). The lowest BCUT2D eigenvalue weighted by atomic mass is 10.1. The topological polar surface area (TPSA) is 87.4 Å². The number of thiocarbonyl (C=S) groups is 1. The van der Waals surface area contributed by atoms with Gasteiger partial charge in [-0.15, -0.1) is 0 Å². The Morgan fingerprint density at radius 1 is 1.30 bits per heavy atom. The van der Waals surface area contributed by atoms with Gasteiger partial charge in [0.05, 0.1) is 15.6 Å². The van der Waals surface area contributed by atoms with Crippen LogP contribution in [0.4, 0.5) is 11.4 Å². The second-order valence-corrected chi connectivity index (χ2v) is 5.50. The van der Waals surface area contributed by atoms with E-state index in [0.717, 1.165) is 5.56 Å². The number of nitro groups is 1. The summed E-state index contributed by atoms with van der Waals surface area (Å²) in [5.74, 6) is 0.231. The summed E-state index contributed by atoms with van der Waals surface area (Å²) >= 11 is 11.1. The lowest BCUT2D eigenvalue weighted by Gasteiger charge is -2.12. The average Bonchev–Trinajstić information content (AvgIpc) is 2.51. The molecule has 0 atom stereocenters. The summed E-state index contributed by atoms with van der Waals surface area (Å²) in [5, 5.41) is 26.9. The highest BCUT2D eigenvalue weighted by Crippen LogP contribution is 2.26. The van der Waals surface area contributed by atoms with Gasteiger partial charge in [0.25, 0.3) is 5.69 Å². The highest BCUT2D eigenvalue weighted by atomic mass is 35.5. The number of benzene rings is 2. The minimum atomic E-state index is -0.504. The molecule has 0 spiro atoms. The Morgan fingerprint density at radius 3 is 2.74 bits per heavy atom. The van der Waals surface area contributed by atoms with Crippen molar-refractivity contribution in [2.24, 2.45) is 0 Å². The number of rotatable bonds is 5. The zero-order valence-corrected chi connectivity index (χ0v) is 13.5. The van der Waals surface area contributed by atoms with Crippen molar-refractivity contribution in [3.8, 4) is 5.75 Å². The van der Waals surface area contributed by atoms with E-state index in [2.05, 4.69) is 10.6 Å². The maximum Gasteiger partial charge on any atom is 0.271 e. The fourth-order valence-electron chi connectivity index (χ4n) is 1.92. The van der Waals surface area contributed by atoms with Gasteiger partial charge in [-0.1, -0.05) is 29.8 Å². The first kappa shape index (κ1) is 17.0. The number of anilines is 1. The monoisotopic (exact) mass is 351 g/mol. The van der Waals surface area contributed by atoms with Gasteiger partial charge in [0.15, 0.2) is 5.11 Å². The Bertz CT molecular complexity index is 740. The Balaban J connectivity index is 1.91. The SMILES string of the molecule is O=[N+]([O-])c1ccc(Cl)c(NC(=S)NCCc2ccccc2O)c1. The van der Waals surface area contributed by atoms with Gasteiger partial charge >= 0.3 is 0 Å². The molecular formula is C15H14ClN3O3S. The third kappa shape index (κ3) is 4.80. The Morgan fingerprint density at radius 2 is 2.04 bits per heavy atom. The van der Waals surface area contributed by atoms with Gasteiger partial charge < -0.3 is 15.7 Å². The quantitative estimate of drug-likeness (QED) is 0.434. The summed E-state index contributed by atoms with van der Waals surface area (Å²) in [7, 11) is 0. The molecule has 0 aromatic heterocycles. The number of phenols is 1. The molecule has 0 fully saturated rings. The van der Waals surface area contributed by atoms with Gasteiger partial charge in [0, 0.05) is 18.7 Å². The number of aromatic hydroxyl groups is 1. The van der Waals surface area contributed by atoms with Crippen LogP contribution in [-0.2, 0) is 6.42 Å². The average molecular weight is 352 g/mol. The van der Waals surface area contributed by atoms with Crippen molar-refractivity contribution in [1.29, 1.82) is 0 Å². The van der Waals surface area contributed by atoms with E-state index in [1.54, 1.807) is 12.1 Å². The molecule has 3 N–H and O–H groups in total. The molecule has 120 valence electrons. The molecule has 6 nitrogen and oxygen atoms in total. The highest BCUT2D eigenvalue weighted by Gasteiger charge is 2.10. The number of hydrogen-bond donors (Lipinski definition) is 3. The molecule has 0 aliphatic heterocycles. The van der Waals surface area contributed by atoms with Crippen LogP contribution < -0.4 is 10.6 Å². The number of hydrogen-bond acceptors (Lipinski definition) is 4. The van der Waals surface area contributed by atoms with E-state index in [1.165, 1.54) is 18.2 Å². The third-order valence-corrected chi connectivity index (χ3v) is 3.66. The molecule has 2 aromatic carbocycles. The lowest BCUT2D eigenvalue weighted by molar-refractivity contribution is -0.384. The molecule has 0 heterocycles. The first-order valence-corrected chi connectivity index (χ1v) is 7.51. The molecule has 0 aliphatic rings. The zero-order chi connectivity index (χ0) is 16.8. The first-order valence-electron chi connectivity index (χ1n) is 6.73. The second kappa shape index (κ2) is 7.75. The molecule has 0 amide bonds. The molecule has 0 aliphatic carbocycles. The van der Waals surface area contributed by atoms with E-state index in [-0.39, 0.29) is 11.4 Å². The van der Waals surface area contributed by atoms with E-state index in [1.807, 2.05) is 12.1 Å². The van der Waals surface area contributed by atoms with E-state index in [0.29, 0.717) is 28.8 Å². The Labute approximate surface area is 143 Å². The van der Waals surface area contributed by atoms with Crippen molar-refractivity contribution in [3.63, 3.8) is 0 Å². The van der Waals surface area contributed by atoms with Crippen LogP contribution in [0.3, 0.4) is 0 Å². The van der Waals surface area contributed by atoms with Crippen molar-refractivity contribution >= 4 is 40.3 Å². The predicted molar refractivity (Wildman–Crippen MR) is 94.1 cm³/mol. The van der Waals surface area contributed by atoms with Crippen molar-refractivity contribution in [1.82, 2.24) is 5.32 Å².